The normalized spacial score (nSPS) is 20.2. The van der Waals surface area contributed by atoms with Crippen LogP contribution in [0, 0.1) is 5.82 Å². The number of halogens is 2. The van der Waals surface area contributed by atoms with E-state index in [0.29, 0.717) is 5.56 Å². The molecule has 2 aromatic carbocycles. The topological polar surface area (TPSA) is 98.2 Å². The quantitative estimate of drug-likeness (QED) is 0.562. The largest absolute Gasteiger partial charge is 0.480 e. The van der Waals surface area contributed by atoms with Gasteiger partial charge in [-0.05, 0) is 36.2 Å². The number of aliphatic carboxylic acids is 1. The van der Waals surface area contributed by atoms with Crippen molar-refractivity contribution in [2.45, 2.75) is 12.0 Å². The van der Waals surface area contributed by atoms with Crippen molar-refractivity contribution in [1.82, 2.24) is 9.80 Å². The fourth-order valence-corrected chi connectivity index (χ4v) is 4.33. The van der Waals surface area contributed by atoms with Crippen molar-refractivity contribution in [2.75, 3.05) is 25.0 Å². The molecule has 1 fully saturated rings. The van der Waals surface area contributed by atoms with Crippen LogP contribution in [0.1, 0.15) is 11.1 Å². The molecule has 0 saturated carbocycles. The smallest absolute Gasteiger partial charge is 0.328 e. The van der Waals surface area contributed by atoms with Crippen LogP contribution in [0.25, 0.3) is 0 Å². The van der Waals surface area contributed by atoms with Gasteiger partial charge in [-0.25, -0.2) is 9.18 Å². The number of urea groups is 1. The Balaban J connectivity index is 1.76. The lowest BCUT2D eigenvalue weighted by Crippen LogP contribution is -2.53. The number of anilines is 1. The SMILES string of the molecule is CN1C(=O)N(CCc2ccccc2F)C(=O)[C@@]12C(=O)N(CC(=O)O)c1ccc(Cl)cc12. The Kier molecular flexibility index (Phi) is 4.93. The third kappa shape index (κ3) is 2.96. The molecule has 0 bridgehead atoms. The van der Waals surface area contributed by atoms with Crippen molar-refractivity contribution < 1.29 is 28.7 Å². The van der Waals surface area contributed by atoms with Crippen molar-refractivity contribution in [3.63, 3.8) is 0 Å². The fraction of sp³-hybridized carbons (Fsp3) is 0.238. The molecule has 8 nitrogen and oxygen atoms in total. The molecule has 0 unspecified atom stereocenters. The number of likely N-dealkylation sites (N-methyl/N-ethyl adjacent to an activating group) is 1. The van der Waals surface area contributed by atoms with Crippen molar-refractivity contribution >= 4 is 41.1 Å². The predicted molar refractivity (Wildman–Crippen MR) is 108 cm³/mol. The summed E-state index contributed by atoms with van der Waals surface area (Å²) in [6.07, 6.45) is 0.0590. The van der Waals surface area contributed by atoms with E-state index in [1.54, 1.807) is 12.1 Å². The second-order valence-corrected chi connectivity index (χ2v) is 7.73. The molecule has 1 saturated heterocycles. The molecule has 1 atom stereocenters. The molecule has 1 spiro atoms. The fourth-order valence-electron chi connectivity index (χ4n) is 4.16. The van der Waals surface area contributed by atoms with Gasteiger partial charge in [0.05, 0.1) is 5.69 Å². The molecule has 0 aliphatic carbocycles. The van der Waals surface area contributed by atoms with Crippen LogP contribution in [0.3, 0.4) is 0 Å². The minimum Gasteiger partial charge on any atom is -0.480 e. The molecule has 2 heterocycles. The van der Waals surface area contributed by atoms with Gasteiger partial charge in [0.15, 0.2) is 0 Å². The first-order valence-corrected chi connectivity index (χ1v) is 9.74. The lowest BCUT2D eigenvalue weighted by Gasteiger charge is -2.27. The first kappa shape index (κ1) is 20.8. The van der Waals surface area contributed by atoms with Crippen LogP contribution in [0.15, 0.2) is 42.5 Å². The van der Waals surface area contributed by atoms with Gasteiger partial charge in [0.25, 0.3) is 11.8 Å². The number of rotatable bonds is 5. The molecule has 4 rings (SSSR count). The van der Waals surface area contributed by atoms with E-state index in [9.17, 15) is 28.7 Å². The Bertz CT molecular complexity index is 1140. The highest BCUT2D eigenvalue weighted by Crippen LogP contribution is 2.48. The number of benzene rings is 2. The maximum Gasteiger partial charge on any atom is 0.328 e. The monoisotopic (exact) mass is 445 g/mol. The van der Waals surface area contributed by atoms with E-state index in [2.05, 4.69) is 0 Å². The third-order valence-corrected chi connectivity index (χ3v) is 5.86. The van der Waals surface area contributed by atoms with Crippen molar-refractivity contribution in [3.05, 3.63) is 64.4 Å². The average Bonchev–Trinajstić information content (AvgIpc) is 3.06. The zero-order chi connectivity index (χ0) is 22.5. The summed E-state index contributed by atoms with van der Waals surface area (Å²) in [5.74, 6) is -3.41. The van der Waals surface area contributed by atoms with Crippen LogP contribution in [-0.2, 0) is 26.3 Å². The zero-order valence-electron chi connectivity index (χ0n) is 16.3. The molecular weight excluding hydrogens is 429 g/mol. The van der Waals surface area contributed by atoms with Crippen molar-refractivity contribution in [1.29, 1.82) is 0 Å². The second-order valence-electron chi connectivity index (χ2n) is 7.30. The first-order chi connectivity index (χ1) is 14.7. The van der Waals surface area contributed by atoms with Crippen LogP contribution in [0.2, 0.25) is 5.02 Å². The average molecular weight is 446 g/mol. The van der Waals surface area contributed by atoms with Gasteiger partial charge in [-0.1, -0.05) is 29.8 Å². The summed E-state index contributed by atoms with van der Waals surface area (Å²) >= 11 is 6.10. The molecule has 2 aromatic rings. The molecule has 0 radical (unpaired) electrons. The predicted octanol–water partition coefficient (Wildman–Crippen LogP) is 2.24. The molecule has 0 aromatic heterocycles. The van der Waals surface area contributed by atoms with E-state index in [1.807, 2.05) is 0 Å². The summed E-state index contributed by atoms with van der Waals surface area (Å²) in [7, 11) is 1.30. The van der Waals surface area contributed by atoms with E-state index in [4.69, 9.17) is 11.6 Å². The van der Waals surface area contributed by atoms with Gasteiger partial charge in [-0.15, -0.1) is 0 Å². The number of carbonyl (C=O) groups excluding carboxylic acids is 3. The Morgan fingerprint density at radius 1 is 1.10 bits per heavy atom. The van der Waals surface area contributed by atoms with Crippen LogP contribution in [0.5, 0.6) is 0 Å². The van der Waals surface area contributed by atoms with Crippen LogP contribution >= 0.6 is 11.6 Å². The van der Waals surface area contributed by atoms with E-state index in [0.717, 1.165) is 14.7 Å². The summed E-state index contributed by atoms with van der Waals surface area (Å²) < 4.78 is 14.0. The van der Waals surface area contributed by atoms with E-state index < -0.39 is 41.7 Å². The minimum atomic E-state index is -2.05. The second kappa shape index (κ2) is 7.35. The molecule has 10 heteroatoms. The van der Waals surface area contributed by atoms with E-state index in [1.165, 1.54) is 37.4 Å². The lowest BCUT2D eigenvalue weighted by atomic mass is 9.90. The maximum atomic E-state index is 14.0. The number of carboxylic acids is 1. The highest BCUT2D eigenvalue weighted by atomic mass is 35.5. The highest BCUT2D eigenvalue weighted by Gasteiger charge is 2.67. The van der Waals surface area contributed by atoms with Gasteiger partial charge in [0.1, 0.15) is 12.4 Å². The van der Waals surface area contributed by atoms with Crippen molar-refractivity contribution in [2.24, 2.45) is 0 Å². The summed E-state index contributed by atoms with van der Waals surface area (Å²) in [5, 5.41) is 9.47. The number of hydrogen-bond acceptors (Lipinski definition) is 4. The van der Waals surface area contributed by atoms with Crippen LogP contribution < -0.4 is 4.90 Å². The minimum absolute atomic E-state index is 0.0590. The summed E-state index contributed by atoms with van der Waals surface area (Å²) in [5.41, 5.74) is -1.40. The molecule has 160 valence electrons. The summed E-state index contributed by atoms with van der Waals surface area (Å²) in [6, 6.07) is 9.56. The number of nitrogens with zero attached hydrogens (tertiary/aromatic N) is 3. The van der Waals surface area contributed by atoms with Gasteiger partial charge in [-0.3, -0.25) is 24.2 Å². The Labute approximate surface area is 181 Å². The molecule has 1 N–H and O–H groups in total. The number of imide groups is 1. The van der Waals surface area contributed by atoms with E-state index >= 15 is 0 Å². The molecule has 4 amide bonds. The standard InChI is InChI=1S/C21H17ClFN3O5/c1-24-20(31)25(9-8-12-4-2-3-5-15(12)23)18(29)21(24)14-10-13(22)6-7-16(14)26(19(21)30)11-17(27)28/h2-7,10H,8-9,11H2,1H3,(H,27,28)/t21-/m0/s1. The van der Waals surface area contributed by atoms with E-state index in [-0.39, 0.29) is 29.2 Å². The number of hydrogen-bond donors (Lipinski definition) is 1. The Morgan fingerprint density at radius 2 is 1.77 bits per heavy atom. The number of carbonyl (C=O) groups is 4. The Morgan fingerprint density at radius 3 is 2.45 bits per heavy atom. The summed E-state index contributed by atoms with van der Waals surface area (Å²) in [4.78, 5) is 54.0. The first-order valence-electron chi connectivity index (χ1n) is 9.36. The number of amides is 4. The molecule has 2 aliphatic rings. The van der Waals surface area contributed by atoms with Crippen molar-refractivity contribution in [3.8, 4) is 0 Å². The Hall–Kier alpha value is -3.46. The van der Waals surface area contributed by atoms with Crippen LogP contribution in [0.4, 0.5) is 14.9 Å². The highest BCUT2D eigenvalue weighted by molar-refractivity contribution is 6.32. The molecular formula is C21H17ClFN3O5. The van der Waals surface area contributed by atoms with Gasteiger partial charge in [0.2, 0.25) is 5.54 Å². The lowest BCUT2D eigenvalue weighted by molar-refractivity contribution is -0.143. The number of fused-ring (bicyclic) bond motifs is 2. The zero-order valence-corrected chi connectivity index (χ0v) is 17.1. The molecule has 31 heavy (non-hydrogen) atoms. The van der Waals surface area contributed by atoms with Gasteiger partial charge >= 0.3 is 12.0 Å². The maximum absolute atomic E-state index is 14.0. The molecule has 2 aliphatic heterocycles. The van der Waals surface area contributed by atoms with Gasteiger partial charge in [-0.2, -0.15) is 0 Å². The van der Waals surface area contributed by atoms with Crippen LogP contribution in [-0.4, -0.2) is 58.9 Å². The summed E-state index contributed by atoms with van der Waals surface area (Å²) in [6.45, 7) is -0.827. The van der Waals surface area contributed by atoms with Gasteiger partial charge < -0.3 is 10.0 Å². The van der Waals surface area contributed by atoms with Gasteiger partial charge in [0, 0.05) is 24.2 Å². The number of carboxylic acid groups (broad SMARTS) is 1. The third-order valence-electron chi connectivity index (χ3n) is 5.63.